The van der Waals surface area contributed by atoms with E-state index in [0.717, 1.165) is 42.3 Å². The fourth-order valence-corrected chi connectivity index (χ4v) is 8.70. The third kappa shape index (κ3) is 11.9. The zero-order valence-corrected chi connectivity index (χ0v) is 39.6. The predicted octanol–water partition coefficient (Wildman–Crippen LogP) is 5.44. The van der Waals surface area contributed by atoms with Crippen LogP contribution < -0.4 is 41.1 Å². The topological polar surface area (TPSA) is 217 Å². The van der Waals surface area contributed by atoms with Crippen molar-refractivity contribution in [3.8, 4) is 5.75 Å². The van der Waals surface area contributed by atoms with Gasteiger partial charge in [0.1, 0.15) is 23.5 Å². The molecule has 18 nitrogen and oxygen atoms in total. The maximum atomic E-state index is 13.3. The van der Waals surface area contributed by atoms with Crippen molar-refractivity contribution in [3.63, 3.8) is 0 Å². The predicted molar refractivity (Wildman–Crippen MR) is 256 cm³/mol. The van der Waals surface area contributed by atoms with Gasteiger partial charge in [-0.25, -0.2) is 4.98 Å². The molecule has 7 rings (SSSR count). The third-order valence-electron chi connectivity index (χ3n) is 12.1. The van der Waals surface area contributed by atoms with Crippen molar-refractivity contribution in [1.29, 1.82) is 0 Å². The lowest BCUT2D eigenvalue weighted by molar-refractivity contribution is -0.137. The standard InChI is InChI=1S/C48H57BrN10O8/c1-4-37-47(65)57(2)39-27-52-48(56-43(39)58(37)28-30-13-16-32(49)17-14-30)54-36-18-15-31(26-40(36)66-3)44(62)51-23-25-67-24-22-50-21-8-6-5-7-12-41(60)53-35-11-9-10-33-34(35)29-59(46(33)64)38-19-20-42(61)55-45(38)63/h9-11,13-18,26-27,37-38,50H,4-8,12,19-25,28-29H2,1-3H3,(H,51,62)(H,53,60)(H,52,54,56)(H,55,61,63)/t37-,38?/m1/s1. The van der Waals surface area contributed by atoms with Gasteiger partial charge in [0.05, 0.1) is 32.2 Å². The number of hydrogen-bond acceptors (Lipinski definition) is 13. The number of aromatic nitrogens is 2. The molecule has 19 heteroatoms. The molecule has 1 aromatic heterocycles. The number of methoxy groups -OCH3 is 1. The average molecular weight is 982 g/mol. The number of likely N-dealkylation sites (N-methyl/N-ethyl adjacent to an activating group) is 1. The van der Waals surface area contributed by atoms with Crippen LogP contribution in [-0.4, -0.2) is 109 Å². The number of amides is 6. The summed E-state index contributed by atoms with van der Waals surface area (Å²) in [5.41, 5.74) is 4.35. The van der Waals surface area contributed by atoms with E-state index in [-0.39, 0.29) is 48.9 Å². The molecule has 67 heavy (non-hydrogen) atoms. The van der Waals surface area contributed by atoms with E-state index in [1.807, 2.05) is 36.1 Å². The molecule has 2 atom stereocenters. The van der Waals surface area contributed by atoms with Crippen molar-refractivity contribution in [2.45, 2.75) is 83.5 Å². The van der Waals surface area contributed by atoms with E-state index in [0.29, 0.717) is 97.0 Å². The van der Waals surface area contributed by atoms with Gasteiger partial charge in [-0.05, 0) is 80.3 Å². The van der Waals surface area contributed by atoms with Gasteiger partial charge in [-0.3, -0.25) is 34.1 Å². The van der Waals surface area contributed by atoms with Gasteiger partial charge >= 0.3 is 0 Å². The number of nitrogens with zero attached hydrogens (tertiary/aromatic N) is 5. The Kier molecular flexibility index (Phi) is 16.5. The van der Waals surface area contributed by atoms with Crippen LogP contribution in [0.1, 0.15) is 90.1 Å². The summed E-state index contributed by atoms with van der Waals surface area (Å²) >= 11 is 3.49. The van der Waals surface area contributed by atoms with Crippen molar-refractivity contribution in [2.24, 2.45) is 0 Å². The van der Waals surface area contributed by atoms with Crippen LogP contribution in [0, 0.1) is 0 Å². The van der Waals surface area contributed by atoms with Crippen molar-refractivity contribution < 1.29 is 38.2 Å². The summed E-state index contributed by atoms with van der Waals surface area (Å²) in [6, 6.07) is 17.1. The fraction of sp³-hybridized carbons (Fsp3) is 0.417. The lowest BCUT2D eigenvalue weighted by Gasteiger charge is -2.40. The molecule has 0 spiro atoms. The smallest absolute Gasteiger partial charge is 0.255 e. The Morgan fingerprint density at radius 2 is 1.73 bits per heavy atom. The van der Waals surface area contributed by atoms with Gasteiger partial charge in [0.15, 0.2) is 5.82 Å². The maximum absolute atomic E-state index is 13.3. The van der Waals surface area contributed by atoms with Gasteiger partial charge in [-0.15, -0.1) is 0 Å². The molecule has 3 aliphatic rings. The van der Waals surface area contributed by atoms with E-state index in [4.69, 9.17) is 14.5 Å². The van der Waals surface area contributed by atoms with E-state index in [1.54, 1.807) is 54.5 Å². The van der Waals surface area contributed by atoms with E-state index >= 15 is 0 Å². The molecular formula is C48H57BrN10O8. The summed E-state index contributed by atoms with van der Waals surface area (Å²) < 4.78 is 12.3. The quantitative estimate of drug-likeness (QED) is 0.0491. The van der Waals surface area contributed by atoms with Gasteiger partial charge in [-0.1, -0.05) is 53.9 Å². The maximum Gasteiger partial charge on any atom is 0.255 e. The lowest BCUT2D eigenvalue weighted by Crippen LogP contribution is -2.52. The Labute approximate surface area is 398 Å². The molecule has 0 radical (unpaired) electrons. The van der Waals surface area contributed by atoms with Crippen LogP contribution in [-0.2, 0) is 37.0 Å². The number of hydrogen-bond donors (Lipinski definition) is 5. The van der Waals surface area contributed by atoms with Crippen LogP contribution in [0.4, 0.5) is 28.8 Å². The summed E-state index contributed by atoms with van der Waals surface area (Å²) in [6.07, 6.45) is 6.58. The summed E-state index contributed by atoms with van der Waals surface area (Å²) in [4.78, 5) is 90.7. The average Bonchev–Trinajstić information content (AvgIpc) is 3.66. The fourth-order valence-electron chi connectivity index (χ4n) is 8.44. The highest BCUT2D eigenvalue weighted by molar-refractivity contribution is 9.10. The lowest BCUT2D eigenvalue weighted by atomic mass is 10.0. The first-order chi connectivity index (χ1) is 32.4. The normalized spacial score (nSPS) is 16.7. The third-order valence-corrected chi connectivity index (χ3v) is 12.6. The molecular weight excluding hydrogens is 924 g/mol. The van der Waals surface area contributed by atoms with Crippen LogP contribution in [0.2, 0.25) is 0 Å². The molecule has 0 aliphatic carbocycles. The Balaban J connectivity index is 0.766. The minimum Gasteiger partial charge on any atom is -0.495 e. The molecule has 1 unspecified atom stereocenters. The van der Waals surface area contributed by atoms with Crippen molar-refractivity contribution in [3.05, 3.63) is 93.6 Å². The SMILES string of the molecule is CC[C@@H]1C(=O)N(C)c2cnc(Nc3ccc(C(=O)NCCOCCNCCCCCCC(=O)Nc4cccc5c4CN(C4CCC(=O)NC4=O)C5=O)cc3OC)nc2N1Cc1ccc(Br)cc1. The highest BCUT2D eigenvalue weighted by Crippen LogP contribution is 2.38. The molecule has 6 amide bonds. The Morgan fingerprint density at radius 1 is 0.940 bits per heavy atom. The van der Waals surface area contributed by atoms with Gasteiger partial charge < -0.3 is 45.4 Å². The van der Waals surface area contributed by atoms with E-state index in [1.165, 1.54) is 12.0 Å². The van der Waals surface area contributed by atoms with Gasteiger partial charge in [0.25, 0.3) is 11.8 Å². The van der Waals surface area contributed by atoms with Crippen LogP contribution in [0.3, 0.4) is 0 Å². The first-order valence-corrected chi connectivity index (χ1v) is 23.5. The molecule has 5 N–H and O–H groups in total. The number of nitrogens with one attached hydrogen (secondary N) is 5. The van der Waals surface area contributed by atoms with Crippen LogP contribution in [0.25, 0.3) is 0 Å². The summed E-state index contributed by atoms with van der Waals surface area (Å²) in [7, 11) is 3.26. The van der Waals surface area contributed by atoms with Gasteiger partial charge in [0.2, 0.25) is 29.6 Å². The second-order valence-corrected chi connectivity index (χ2v) is 17.5. The number of piperidine rings is 1. The number of carbonyl (C=O) groups excluding carboxylic acids is 6. The summed E-state index contributed by atoms with van der Waals surface area (Å²) in [5.74, 6) is -0.123. The largest absolute Gasteiger partial charge is 0.495 e. The Morgan fingerprint density at radius 3 is 2.51 bits per heavy atom. The van der Waals surface area contributed by atoms with E-state index < -0.39 is 18.0 Å². The van der Waals surface area contributed by atoms with Crippen LogP contribution in [0.5, 0.6) is 5.75 Å². The first-order valence-electron chi connectivity index (χ1n) is 22.7. The number of carbonyl (C=O) groups is 6. The van der Waals surface area contributed by atoms with Gasteiger partial charge in [0, 0.05) is 72.9 Å². The van der Waals surface area contributed by atoms with Crippen LogP contribution >= 0.6 is 15.9 Å². The molecule has 4 heterocycles. The molecule has 1 fully saturated rings. The number of rotatable bonds is 22. The molecule has 4 aromatic rings. The molecule has 354 valence electrons. The zero-order valence-electron chi connectivity index (χ0n) is 38.0. The summed E-state index contributed by atoms with van der Waals surface area (Å²) in [6.45, 7) is 5.32. The van der Waals surface area contributed by atoms with Crippen molar-refractivity contribution >= 4 is 80.2 Å². The Bertz CT molecular complexity index is 2470. The van der Waals surface area contributed by atoms with Crippen LogP contribution in [0.15, 0.2) is 71.3 Å². The number of unbranched alkanes of at least 4 members (excludes halogenated alkanes) is 3. The minimum absolute atomic E-state index is 0.0196. The number of halogens is 1. The molecule has 0 saturated carbocycles. The van der Waals surface area contributed by atoms with Gasteiger partial charge in [-0.2, -0.15) is 4.98 Å². The molecule has 3 aliphatic heterocycles. The van der Waals surface area contributed by atoms with Crippen molar-refractivity contribution in [1.82, 2.24) is 30.8 Å². The summed E-state index contributed by atoms with van der Waals surface area (Å²) in [5, 5.41) is 14.7. The zero-order chi connectivity index (χ0) is 47.5. The molecule has 3 aromatic carbocycles. The number of anilines is 5. The monoisotopic (exact) mass is 980 g/mol. The second-order valence-electron chi connectivity index (χ2n) is 16.6. The highest BCUT2D eigenvalue weighted by Gasteiger charge is 2.40. The second kappa shape index (κ2) is 22.8. The molecule has 1 saturated heterocycles. The first kappa shape index (κ1) is 48.5. The number of imide groups is 1. The van der Waals surface area contributed by atoms with Crippen molar-refractivity contribution in [2.75, 3.05) is 67.4 Å². The number of ether oxygens (including phenoxy) is 2. The Hall–Kier alpha value is -6.44. The highest BCUT2D eigenvalue weighted by atomic mass is 79.9. The molecule has 0 bridgehead atoms. The number of benzene rings is 3. The number of fused-ring (bicyclic) bond motifs is 2. The van der Waals surface area contributed by atoms with E-state index in [9.17, 15) is 28.8 Å². The van der Waals surface area contributed by atoms with E-state index in [2.05, 4.69) is 47.5 Å². The minimum atomic E-state index is -0.711.